The molecule has 2 heterocycles. The number of anilines is 1. The molecule has 124 valence electrons. The van der Waals surface area contributed by atoms with Crippen molar-refractivity contribution in [2.24, 2.45) is 0 Å². The molecule has 1 aliphatic rings. The summed E-state index contributed by atoms with van der Waals surface area (Å²) in [4.78, 5) is 17.7. The van der Waals surface area contributed by atoms with Crippen LogP contribution in [0, 0.1) is 0 Å². The van der Waals surface area contributed by atoms with Gasteiger partial charge in [-0.25, -0.2) is 4.79 Å². The highest BCUT2D eigenvalue weighted by Crippen LogP contribution is 2.28. The van der Waals surface area contributed by atoms with Crippen LogP contribution in [0.5, 0.6) is 5.75 Å². The number of nitrogens with one attached hydrogen (secondary N) is 1. The van der Waals surface area contributed by atoms with Gasteiger partial charge in [-0.05, 0) is 49.2 Å². The fraction of sp³-hybridized carbons (Fsp3) is 0.316. The minimum absolute atomic E-state index is 0.000836. The van der Waals surface area contributed by atoms with Gasteiger partial charge in [0.2, 0.25) is 0 Å². The Labute approximate surface area is 140 Å². The maximum atomic E-state index is 12.3. The van der Waals surface area contributed by atoms with E-state index in [1.54, 1.807) is 7.11 Å². The third-order valence-corrected chi connectivity index (χ3v) is 4.89. The van der Waals surface area contributed by atoms with E-state index < -0.39 is 0 Å². The van der Waals surface area contributed by atoms with Crippen LogP contribution in [0.15, 0.2) is 53.3 Å². The van der Waals surface area contributed by atoms with Gasteiger partial charge in [0.25, 0.3) is 0 Å². The molecule has 0 radical (unpaired) electrons. The van der Waals surface area contributed by atoms with Crippen LogP contribution in [0.3, 0.4) is 0 Å². The monoisotopic (exact) mass is 323 g/mol. The van der Waals surface area contributed by atoms with Crippen LogP contribution in [0.2, 0.25) is 0 Å². The molecule has 1 fully saturated rings. The van der Waals surface area contributed by atoms with Crippen LogP contribution in [-0.2, 0) is 0 Å². The zero-order valence-electron chi connectivity index (χ0n) is 13.7. The summed E-state index contributed by atoms with van der Waals surface area (Å²) in [6.07, 6.45) is 1.93. The first-order valence-corrected chi connectivity index (χ1v) is 8.34. The van der Waals surface area contributed by atoms with Gasteiger partial charge >= 0.3 is 5.69 Å². The third kappa shape index (κ3) is 2.56. The predicted molar refractivity (Wildman–Crippen MR) is 96.0 cm³/mol. The molecule has 0 unspecified atom stereocenters. The van der Waals surface area contributed by atoms with Gasteiger partial charge in [0.15, 0.2) is 0 Å². The van der Waals surface area contributed by atoms with Crippen LogP contribution in [0.4, 0.5) is 5.69 Å². The molecule has 0 atom stereocenters. The van der Waals surface area contributed by atoms with Gasteiger partial charge in [0.05, 0.1) is 18.1 Å². The smallest absolute Gasteiger partial charge is 0.326 e. The van der Waals surface area contributed by atoms with E-state index in [0.29, 0.717) is 0 Å². The SMILES string of the molecule is COc1ccc(N2CCC(n3c(=O)[nH]c4ccccc43)CC2)cc1. The second-order valence-corrected chi connectivity index (χ2v) is 6.23. The lowest BCUT2D eigenvalue weighted by Crippen LogP contribution is -2.36. The van der Waals surface area contributed by atoms with E-state index >= 15 is 0 Å². The second-order valence-electron chi connectivity index (χ2n) is 6.23. The average Bonchev–Trinajstić information content (AvgIpc) is 2.98. The minimum atomic E-state index is -0.000836. The lowest BCUT2D eigenvalue weighted by Gasteiger charge is -2.34. The average molecular weight is 323 g/mol. The molecule has 3 aromatic rings. The number of imidazole rings is 1. The van der Waals surface area contributed by atoms with Crippen molar-refractivity contribution < 1.29 is 4.74 Å². The van der Waals surface area contributed by atoms with Crippen molar-refractivity contribution in [2.75, 3.05) is 25.1 Å². The van der Waals surface area contributed by atoms with Crippen molar-refractivity contribution in [3.8, 4) is 5.75 Å². The quantitative estimate of drug-likeness (QED) is 0.805. The van der Waals surface area contributed by atoms with E-state index in [1.807, 2.05) is 41.0 Å². The number of H-pyrrole nitrogens is 1. The van der Waals surface area contributed by atoms with Gasteiger partial charge in [0, 0.05) is 24.8 Å². The predicted octanol–water partition coefficient (Wildman–Crippen LogP) is 3.18. The molecule has 0 amide bonds. The molecular formula is C19H21N3O2. The Hall–Kier alpha value is -2.69. The highest BCUT2D eigenvalue weighted by atomic mass is 16.5. The van der Waals surface area contributed by atoms with E-state index in [1.165, 1.54) is 5.69 Å². The van der Waals surface area contributed by atoms with Crippen molar-refractivity contribution in [1.29, 1.82) is 0 Å². The van der Waals surface area contributed by atoms with Crippen molar-refractivity contribution >= 4 is 16.7 Å². The van der Waals surface area contributed by atoms with E-state index in [9.17, 15) is 4.79 Å². The van der Waals surface area contributed by atoms with Gasteiger partial charge in [-0.15, -0.1) is 0 Å². The molecule has 0 saturated carbocycles. The van der Waals surface area contributed by atoms with Gasteiger partial charge < -0.3 is 14.6 Å². The van der Waals surface area contributed by atoms with Crippen LogP contribution >= 0.6 is 0 Å². The number of aromatic nitrogens is 2. The van der Waals surface area contributed by atoms with Crippen molar-refractivity contribution in [1.82, 2.24) is 9.55 Å². The van der Waals surface area contributed by atoms with Crippen molar-refractivity contribution in [3.05, 3.63) is 59.0 Å². The fourth-order valence-corrected chi connectivity index (χ4v) is 3.61. The van der Waals surface area contributed by atoms with Gasteiger partial charge in [-0.3, -0.25) is 4.57 Å². The maximum absolute atomic E-state index is 12.3. The van der Waals surface area contributed by atoms with Crippen LogP contribution in [0.1, 0.15) is 18.9 Å². The number of benzene rings is 2. The minimum Gasteiger partial charge on any atom is -0.497 e. The van der Waals surface area contributed by atoms with Crippen molar-refractivity contribution in [2.45, 2.75) is 18.9 Å². The van der Waals surface area contributed by atoms with Crippen molar-refractivity contribution in [3.63, 3.8) is 0 Å². The summed E-state index contributed by atoms with van der Waals surface area (Å²) < 4.78 is 7.15. The number of aromatic amines is 1. The summed E-state index contributed by atoms with van der Waals surface area (Å²) in [6.45, 7) is 1.89. The summed E-state index contributed by atoms with van der Waals surface area (Å²) in [5.74, 6) is 0.874. The van der Waals surface area contributed by atoms with E-state index in [4.69, 9.17) is 4.74 Å². The number of ether oxygens (including phenoxy) is 1. The first-order chi connectivity index (χ1) is 11.8. The Balaban J connectivity index is 1.53. The highest BCUT2D eigenvalue weighted by molar-refractivity contribution is 5.75. The van der Waals surface area contributed by atoms with E-state index in [-0.39, 0.29) is 11.7 Å². The molecule has 1 aliphatic heterocycles. The van der Waals surface area contributed by atoms with Crippen LogP contribution in [-0.4, -0.2) is 29.8 Å². The first kappa shape index (κ1) is 14.9. The number of piperidine rings is 1. The molecule has 1 saturated heterocycles. The molecule has 0 spiro atoms. The lowest BCUT2D eigenvalue weighted by molar-refractivity contribution is 0.396. The molecular weight excluding hydrogens is 302 g/mol. The number of methoxy groups -OCH3 is 1. The standard InChI is InChI=1S/C19H21N3O2/c1-24-16-8-6-14(7-9-16)21-12-10-15(11-13-21)22-18-5-3-2-4-17(18)20-19(22)23/h2-9,15H,10-13H2,1H3,(H,20,23). The zero-order chi connectivity index (χ0) is 16.5. The largest absolute Gasteiger partial charge is 0.497 e. The maximum Gasteiger partial charge on any atom is 0.326 e. The number of hydrogen-bond donors (Lipinski definition) is 1. The molecule has 4 rings (SSSR count). The number of nitrogens with zero attached hydrogens (tertiary/aromatic N) is 2. The summed E-state index contributed by atoms with van der Waals surface area (Å²) in [7, 11) is 1.68. The zero-order valence-corrected chi connectivity index (χ0v) is 13.7. The Morgan fingerprint density at radius 1 is 1.04 bits per heavy atom. The fourth-order valence-electron chi connectivity index (χ4n) is 3.61. The summed E-state index contributed by atoms with van der Waals surface area (Å²) in [6, 6.07) is 16.3. The van der Waals surface area contributed by atoms with E-state index in [0.717, 1.165) is 42.7 Å². The van der Waals surface area contributed by atoms with Gasteiger partial charge in [-0.1, -0.05) is 12.1 Å². The lowest BCUT2D eigenvalue weighted by atomic mass is 10.0. The molecule has 1 N–H and O–H groups in total. The molecule has 1 aromatic heterocycles. The topological polar surface area (TPSA) is 50.3 Å². The van der Waals surface area contributed by atoms with Gasteiger partial charge in [0.1, 0.15) is 5.75 Å². The molecule has 24 heavy (non-hydrogen) atoms. The number of rotatable bonds is 3. The van der Waals surface area contributed by atoms with Crippen LogP contribution in [0.25, 0.3) is 11.0 Å². The Morgan fingerprint density at radius 2 is 1.75 bits per heavy atom. The Bertz CT molecular complexity index is 887. The second kappa shape index (κ2) is 6.07. The normalized spacial score (nSPS) is 15.8. The Kier molecular flexibility index (Phi) is 3.76. The number of fused-ring (bicyclic) bond motifs is 1. The first-order valence-electron chi connectivity index (χ1n) is 8.34. The molecule has 0 aliphatic carbocycles. The summed E-state index contributed by atoms with van der Waals surface area (Å²) in [5.41, 5.74) is 3.13. The molecule has 2 aromatic carbocycles. The number of para-hydroxylation sites is 2. The van der Waals surface area contributed by atoms with Gasteiger partial charge in [-0.2, -0.15) is 0 Å². The molecule has 5 nitrogen and oxygen atoms in total. The summed E-state index contributed by atoms with van der Waals surface area (Å²) in [5, 5.41) is 0. The molecule has 5 heteroatoms. The molecule has 0 bridgehead atoms. The Morgan fingerprint density at radius 3 is 2.46 bits per heavy atom. The summed E-state index contributed by atoms with van der Waals surface area (Å²) >= 11 is 0. The third-order valence-electron chi connectivity index (χ3n) is 4.89. The number of hydrogen-bond acceptors (Lipinski definition) is 3. The van der Waals surface area contributed by atoms with Crippen LogP contribution < -0.4 is 15.3 Å². The highest BCUT2D eigenvalue weighted by Gasteiger charge is 2.23. The van der Waals surface area contributed by atoms with E-state index in [2.05, 4.69) is 22.0 Å².